The van der Waals surface area contributed by atoms with Gasteiger partial charge in [0.2, 0.25) is 0 Å². The van der Waals surface area contributed by atoms with Crippen LogP contribution in [0.25, 0.3) is 0 Å². The van der Waals surface area contributed by atoms with E-state index in [9.17, 15) is 0 Å². The lowest BCUT2D eigenvalue weighted by molar-refractivity contribution is 0.775. The molecule has 0 radical (unpaired) electrons. The Labute approximate surface area is 95.8 Å². The van der Waals surface area contributed by atoms with E-state index < -0.39 is 0 Å². The molecule has 0 bridgehead atoms. The molecule has 0 aromatic carbocycles. The van der Waals surface area contributed by atoms with E-state index in [1.54, 1.807) is 12.4 Å². The third-order valence-corrected chi connectivity index (χ3v) is 2.34. The summed E-state index contributed by atoms with van der Waals surface area (Å²) in [5.74, 6) is 0.950. The highest BCUT2D eigenvalue weighted by Gasteiger charge is 2.13. The van der Waals surface area contributed by atoms with Crippen LogP contribution >= 0.6 is 0 Å². The molecule has 0 aliphatic heterocycles. The van der Waals surface area contributed by atoms with Gasteiger partial charge in [-0.15, -0.1) is 0 Å². The van der Waals surface area contributed by atoms with E-state index in [0.29, 0.717) is 6.04 Å². The lowest BCUT2D eigenvalue weighted by atomic mass is 10.2. The van der Waals surface area contributed by atoms with Crippen LogP contribution in [0, 0.1) is 0 Å². The average molecular weight is 213 g/mol. The molecule has 2 aromatic heterocycles. The molecule has 16 heavy (non-hydrogen) atoms. The number of hydrogen-bond donors (Lipinski definition) is 0. The van der Waals surface area contributed by atoms with Crippen LogP contribution in [0.1, 0.15) is 13.8 Å². The largest absolute Gasteiger partial charge is 0.322 e. The Bertz CT molecular complexity index is 386. The number of anilines is 2. The molecular weight excluding hydrogens is 198 g/mol. The topological polar surface area (TPSA) is 29.0 Å². The lowest BCUT2D eigenvalue weighted by Gasteiger charge is -2.27. The van der Waals surface area contributed by atoms with Gasteiger partial charge in [-0.2, -0.15) is 0 Å². The van der Waals surface area contributed by atoms with Crippen molar-refractivity contribution < 1.29 is 0 Å². The van der Waals surface area contributed by atoms with E-state index in [4.69, 9.17) is 0 Å². The third kappa shape index (κ3) is 2.19. The molecule has 0 spiro atoms. The normalized spacial score (nSPS) is 10.4. The fourth-order valence-corrected chi connectivity index (χ4v) is 1.69. The number of pyridine rings is 2. The Hall–Kier alpha value is -1.90. The van der Waals surface area contributed by atoms with Gasteiger partial charge in [-0.1, -0.05) is 6.07 Å². The zero-order valence-corrected chi connectivity index (χ0v) is 9.54. The first kappa shape index (κ1) is 10.6. The minimum atomic E-state index is 0.346. The van der Waals surface area contributed by atoms with E-state index in [1.165, 1.54) is 0 Å². The van der Waals surface area contributed by atoms with Crippen molar-refractivity contribution in [2.45, 2.75) is 19.9 Å². The van der Waals surface area contributed by atoms with Crippen LogP contribution in [0.5, 0.6) is 0 Å². The molecule has 0 fully saturated rings. The van der Waals surface area contributed by atoms with Crippen LogP contribution in [-0.4, -0.2) is 16.0 Å². The van der Waals surface area contributed by atoms with Crippen LogP contribution in [0.15, 0.2) is 48.9 Å². The summed E-state index contributed by atoms with van der Waals surface area (Å²) in [6.07, 6.45) is 5.44. The molecular formula is C13H15N3. The molecule has 0 atom stereocenters. The first-order chi connectivity index (χ1) is 7.79. The van der Waals surface area contributed by atoms with Crippen molar-refractivity contribution in [3.05, 3.63) is 48.9 Å². The highest BCUT2D eigenvalue weighted by Crippen LogP contribution is 2.24. The van der Waals surface area contributed by atoms with E-state index in [2.05, 4.69) is 28.7 Å². The van der Waals surface area contributed by atoms with Gasteiger partial charge in [-0.3, -0.25) is 4.98 Å². The van der Waals surface area contributed by atoms with Gasteiger partial charge in [-0.25, -0.2) is 4.98 Å². The molecule has 0 aliphatic carbocycles. The Morgan fingerprint density at radius 2 is 1.94 bits per heavy atom. The van der Waals surface area contributed by atoms with Gasteiger partial charge >= 0.3 is 0 Å². The van der Waals surface area contributed by atoms with Gasteiger partial charge in [0, 0.05) is 18.4 Å². The fraction of sp³-hybridized carbons (Fsp3) is 0.231. The van der Waals surface area contributed by atoms with Crippen LogP contribution in [0.4, 0.5) is 11.5 Å². The predicted octanol–water partition coefficient (Wildman–Crippen LogP) is 3.02. The lowest BCUT2D eigenvalue weighted by Crippen LogP contribution is -2.26. The van der Waals surface area contributed by atoms with Gasteiger partial charge in [0.05, 0.1) is 11.9 Å². The summed E-state index contributed by atoms with van der Waals surface area (Å²) < 4.78 is 0. The van der Waals surface area contributed by atoms with Crippen molar-refractivity contribution in [1.82, 2.24) is 9.97 Å². The Morgan fingerprint density at radius 1 is 1.06 bits per heavy atom. The van der Waals surface area contributed by atoms with Crippen molar-refractivity contribution in [3.63, 3.8) is 0 Å². The Kier molecular flexibility index (Phi) is 3.15. The summed E-state index contributed by atoms with van der Waals surface area (Å²) in [5.41, 5.74) is 1.07. The van der Waals surface area contributed by atoms with Crippen molar-refractivity contribution in [3.8, 4) is 0 Å². The minimum absolute atomic E-state index is 0.346. The first-order valence-corrected chi connectivity index (χ1v) is 5.39. The van der Waals surface area contributed by atoms with Crippen LogP contribution in [0.3, 0.4) is 0 Å². The van der Waals surface area contributed by atoms with Gasteiger partial charge < -0.3 is 4.90 Å². The van der Waals surface area contributed by atoms with Crippen LogP contribution in [0.2, 0.25) is 0 Å². The number of rotatable bonds is 3. The smallest absolute Gasteiger partial charge is 0.133 e. The van der Waals surface area contributed by atoms with Crippen molar-refractivity contribution >= 4 is 11.5 Å². The third-order valence-electron chi connectivity index (χ3n) is 2.34. The Balaban J connectivity index is 2.40. The molecule has 2 heterocycles. The van der Waals surface area contributed by atoms with Crippen LogP contribution in [-0.2, 0) is 0 Å². The zero-order valence-electron chi connectivity index (χ0n) is 9.54. The molecule has 0 N–H and O–H groups in total. The van der Waals surface area contributed by atoms with E-state index in [0.717, 1.165) is 11.5 Å². The summed E-state index contributed by atoms with van der Waals surface area (Å²) >= 11 is 0. The average Bonchev–Trinajstić information content (AvgIpc) is 2.31. The summed E-state index contributed by atoms with van der Waals surface area (Å²) in [6, 6.07) is 10.3. The maximum absolute atomic E-state index is 4.37. The molecule has 3 heteroatoms. The maximum Gasteiger partial charge on any atom is 0.133 e. The first-order valence-electron chi connectivity index (χ1n) is 5.39. The molecule has 2 aromatic rings. The van der Waals surface area contributed by atoms with E-state index in [1.807, 2.05) is 36.5 Å². The van der Waals surface area contributed by atoms with Gasteiger partial charge in [0.1, 0.15) is 5.82 Å². The molecule has 82 valence electrons. The SMILES string of the molecule is CC(C)N(c1cccnc1)c1ccccn1. The van der Waals surface area contributed by atoms with Crippen molar-refractivity contribution in [2.24, 2.45) is 0 Å². The van der Waals surface area contributed by atoms with Gasteiger partial charge in [0.15, 0.2) is 0 Å². The summed E-state index contributed by atoms with van der Waals surface area (Å²) in [4.78, 5) is 10.7. The number of nitrogens with zero attached hydrogens (tertiary/aromatic N) is 3. The Morgan fingerprint density at radius 3 is 2.50 bits per heavy atom. The maximum atomic E-state index is 4.37. The minimum Gasteiger partial charge on any atom is -0.322 e. The monoisotopic (exact) mass is 213 g/mol. The summed E-state index contributed by atoms with van der Waals surface area (Å²) in [5, 5.41) is 0. The molecule has 3 nitrogen and oxygen atoms in total. The zero-order chi connectivity index (χ0) is 11.4. The fourth-order valence-electron chi connectivity index (χ4n) is 1.69. The van der Waals surface area contributed by atoms with E-state index >= 15 is 0 Å². The molecule has 0 saturated heterocycles. The summed E-state index contributed by atoms with van der Waals surface area (Å²) in [6.45, 7) is 4.28. The predicted molar refractivity (Wildman–Crippen MR) is 65.7 cm³/mol. The molecule has 0 saturated carbocycles. The number of aromatic nitrogens is 2. The van der Waals surface area contributed by atoms with Crippen molar-refractivity contribution in [2.75, 3.05) is 4.90 Å². The number of hydrogen-bond acceptors (Lipinski definition) is 3. The quantitative estimate of drug-likeness (QED) is 0.784. The van der Waals surface area contributed by atoms with Crippen molar-refractivity contribution in [1.29, 1.82) is 0 Å². The molecule has 0 aliphatic rings. The molecule has 0 unspecified atom stereocenters. The second-order valence-corrected chi connectivity index (χ2v) is 3.86. The van der Waals surface area contributed by atoms with Gasteiger partial charge in [-0.05, 0) is 38.1 Å². The van der Waals surface area contributed by atoms with Gasteiger partial charge in [0.25, 0.3) is 0 Å². The molecule has 0 amide bonds. The highest BCUT2D eigenvalue weighted by molar-refractivity contribution is 5.59. The summed E-state index contributed by atoms with van der Waals surface area (Å²) in [7, 11) is 0. The second kappa shape index (κ2) is 4.75. The highest BCUT2D eigenvalue weighted by atomic mass is 15.2. The standard InChI is InChI=1S/C13H15N3/c1-11(2)16(12-6-5-8-14-10-12)13-7-3-4-9-15-13/h3-11H,1-2H3. The molecule has 2 rings (SSSR count). The van der Waals surface area contributed by atoms with Crippen LogP contribution < -0.4 is 4.90 Å². The second-order valence-electron chi connectivity index (χ2n) is 3.86. The van der Waals surface area contributed by atoms with E-state index in [-0.39, 0.29) is 0 Å².